The smallest absolute Gasteiger partial charge is 0.116 e. The molecule has 1 aliphatic heterocycles. The Bertz CT molecular complexity index is 110. The summed E-state index contributed by atoms with van der Waals surface area (Å²) in [5.41, 5.74) is 1.01. The lowest BCUT2D eigenvalue weighted by Gasteiger charge is -2.26. The number of halogens is 1. The van der Waals surface area contributed by atoms with E-state index < -0.39 is 6.17 Å². The van der Waals surface area contributed by atoms with Crippen molar-refractivity contribution in [1.82, 2.24) is 4.90 Å². The molecule has 0 unspecified atom stereocenters. The molecule has 0 aromatic rings. The standard InChI is InChI=1S/C7H12FN/c1-6-3-7(8)5-9(2)4-6/h7H,1,3-5H2,2H3/t7-/m0/s1. The highest BCUT2D eigenvalue weighted by Gasteiger charge is 2.17. The average Bonchev–Trinajstić information content (AvgIpc) is 1.59. The Balaban J connectivity index is 2.43. The van der Waals surface area contributed by atoms with E-state index in [0.717, 1.165) is 12.1 Å². The van der Waals surface area contributed by atoms with Crippen LogP contribution in [0.5, 0.6) is 0 Å². The van der Waals surface area contributed by atoms with Gasteiger partial charge in [-0.2, -0.15) is 0 Å². The summed E-state index contributed by atoms with van der Waals surface area (Å²) < 4.78 is 12.6. The summed E-state index contributed by atoms with van der Waals surface area (Å²) in [7, 11) is 1.91. The first kappa shape index (κ1) is 6.75. The molecule has 52 valence electrons. The van der Waals surface area contributed by atoms with Gasteiger partial charge in [0.25, 0.3) is 0 Å². The summed E-state index contributed by atoms with van der Waals surface area (Å²) in [6, 6.07) is 0. The first-order chi connectivity index (χ1) is 4.18. The molecule has 1 nitrogen and oxygen atoms in total. The Kier molecular flexibility index (Phi) is 1.86. The quantitative estimate of drug-likeness (QED) is 0.444. The van der Waals surface area contributed by atoms with E-state index in [0.29, 0.717) is 13.0 Å². The largest absolute Gasteiger partial charge is 0.300 e. The van der Waals surface area contributed by atoms with Gasteiger partial charge in [-0.3, -0.25) is 4.90 Å². The van der Waals surface area contributed by atoms with E-state index in [1.54, 1.807) is 0 Å². The minimum absolute atomic E-state index is 0.560. The average molecular weight is 129 g/mol. The maximum absolute atomic E-state index is 12.6. The van der Waals surface area contributed by atoms with Gasteiger partial charge >= 0.3 is 0 Å². The van der Waals surface area contributed by atoms with Gasteiger partial charge in [-0.25, -0.2) is 4.39 Å². The van der Waals surface area contributed by atoms with Gasteiger partial charge in [0.05, 0.1) is 0 Å². The van der Waals surface area contributed by atoms with Crippen LogP contribution in [0.1, 0.15) is 6.42 Å². The Morgan fingerprint density at radius 3 is 2.89 bits per heavy atom. The summed E-state index contributed by atoms with van der Waals surface area (Å²) in [4.78, 5) is 1.95. The van der Waals surface area contributed by atoms with Crippen LogP contribution < -0.4 is 0 Å². The molecule has 1 heterocycles. The van der Waals surface area contributed by atoms with Gasteiger partial charge in [0.1, 0.15) is 6.17 Å². The second kappa shape index (κ2) is 2.48. The van der Waals surface area contributed by atoms with Crippen molar-refractivity contribution in [3.8, 4) is 0 Å². The van der Waals surface area contributed by atoms with E-state index in [9.17, 15) is 4.39 Å². The third-order valence-electron chi connectivity index (χ3n) is 1.51. The molecule has 0 aliphatic carbocycles. The number of alkyl halides is 1. The molecule has 0 aromatic heterocycles. The Morgan fingerprint density at radius 1 is 1.78 bits per heavy atom. The molecule has 0 spiro atoms. The summed E-state index contributed by atoms with van der Waals surface area (Å²) in [5, 5.41) is 0. The van der Waals surface area contributed by atoms with Crippen molar-refractivity contribution in [3.63, 3.8) is 0 Å². The molecule has 1 atom stereocenters. The first-order valence-corrected chi connectivity index (χ1v) is 3.18. The minimum Gasteiger partial charge on any atom is -0.300 e. The van der Waals surface area contributed by atoms with Gasteiger partial charge in [0.15, 0.2) is 0 Å². The maximum Gasteiger partial charge on any atom is 0.116 e. The third-order valence-corrected chi connectivity index (χ3v) is 1.51. The van der Waals surface area contributed by atoms with E-state index in [2.05, 4.69) is 6.58 Å². The minimum atomic E-state index is -0.684. The fourth-order valence-corrected chi connectivity index (χ4v) is 1.23. The van der Waals surface area contributed by atoms with Crippen LogP contribution in [0.4, 0.5) is 4.39 Å². The number of piperidine rings is 1. The van der Waals surface area contributed by atoms with Crippen LogP contribution in [-0.2, 0) is 0 Å². The lowest BCUT2D eigenvalue weighted by atomic mass is 10.1. The van der Waals surface area contributed by atoms with Gasteiger partial charge < -0.3 is 0 Å². The summed E-state index contributed by atoms with van der Waals surface area (Å²) in [6.07, 6.45) is -0.124. The predicted octanol–water partition coefficient (Wildman–Crippen LogP) is 1.22. The van der Waals surface area contributed by atoms with Gasteiger partial charge in [-0.05, 0) is 7.05 Å². The molecule has 1 fully saturated rings. The third kappa shape index (κ3) is 1.79. The highest BCUT2D eigenvalue weighted by atomic mass is 19.1. The van der Waals surface area contributed by atoms with Crippen molar-refractivity contribution in [1.29, 1.82) is 0 Å². The van der Waals surface area contributed by atoms with E-state index in [1.165, 1.54) is 0 Å². The highest BCUT2D eigenvalue weighted by Crippen LogP contribution is 2.14. The Morgan fingerprint density at radius 2 is 2.44 bits per heavy atom. The van der Waals surface area contributed by atoms with Crippen LogP contribution in [0.2, 0.25) is 0 Å². The zero-order valence-electron chi connectivity index (χ0n) is 5.73. The number of likely N-dealkylation sites (N-methyl/N-ethyl adjacent to an activating group) is 1. The fraction of sp³-hybridized carbons (Fsp3) is 0.714. The zero-order valence-corrected chi connectivity index (χ0v) is 5.73. The van der Waals surface area contributed by atoms with Crippen molar-refractivity contribution in [2.75, 3.05) is 20.1 Å². The van der Waals surface area contributed by atoms with E-state index in [1.807, 2.05) is 11.9 Å². The van der Waals surface area contributed by atoms with Crippen LogP contribution in [-0.4, -0.2) is 31.2 Å². The molecule has 0 radical (unpaired) electrons. The maximum atomic E-state index is 12.6. The number of hydrogen-bond donors (Lipinski definition) is 0. The number of hydrogen-bond acceptors (Lipinski definition) is 1. The van der Waals surface area contributed by atoms with Crippen molar-refractivity contribution >= 4 is 0 Å². The van der Waals surface area contributed by atoms with Gasteiger partial charge in [0, 0.05) is 19.5 Å². The van der Waals surface area contributed by atoms with E-state index in [4.69, 9.17) is 0 Å². The molecular weight excluding hydrogens is 117 g/mol. The lowest BCUT2D eigenvalue weighted by Crippen LogP contribution is -2.34. The predicted molar refractivity (Wildman–Crippen MR) is 36.1 cm³/mol. The lowest BCUT2D eigenvalue weighted by molar-refractivity contribution is 0.198. The summed E-state index contributed by atoms with van der Waals surface area (Å²) in [6.45, 7) is 5.16. The second-order valence-corrected chi connectivity index (χ2v) is 2.75. The van der Waals surface area contributed by atoms with Crippen molar-refractivity contribution < 1.29 is 4.39 Å². The van der Waals surface area contributed by atoms with Gasteiger partial charge in [-0.15, -0.1) is 0 Å². The monoisotopic (exact) mass is 129 g/mol. The molecule has 1 saturated heterocycles. The molecule has 0 saturated carbocycles. The van der Waals surface area contributed by atoms with Gasteiger partial charge in [-0.1, -0.05) is 12.2 Å². The second-order valence-electron chi connectivity index (χ2n) is 2.75. The Labute approximate surface area is 55.2 Å². The van der Waals surface area contributed by atoms with Crippen LogP contribution in [0.25, 0.3) is 0 Å². The SMILES string of the molecule is C=C1C[C@H](F)CN(C)C1. The summed E-state index contributed by atoms with van der Waals surface area (Å²) >= 11 is 0. The molecule has 1 aliphatic rings. The topological polar surface area (TPSA) is 3.24 Å². The molecule has 0 N–H and O–H groups in total. The van der Waals surface area contributed by atoms with E-state index >= 15 is 0 Å². The number of rotatable bonds is 0. The van der Waals surface area contributed by atoms with E-state index in [-0.39, 0.29) is 0 Å². The zero-order chi connectivity index (χ0) is 6.85. The first-order valence-electron chi connectivity index (χ1n) is 3.18. The van der Waals surface area contributed by atoms with Crippen LogP contribution in [0, 0.1) is 0 Å². The Hall–Kier alpha value is -0.370. The number of nitrogens with zero attached hydrogens (tertiary/aromatic N) is 1. The normalized spacial score (nSPS) is 30.9. The summed E-state index contributed by atoms with van der Waals surface area (Å²) in [5.74, 6) is 0. The molecule has 1 rings (SSSR count). The molecule has 0 amide bonds. The molecule has 9 heavy (non-hydrogen) atoms. The van der Waals surface area contributed by atoms with Crippen molar-refractivity contribution in [2.24, 2.45) is 0 Å². The fourth-order valence-electron chi connectivity index (χ4n) is 1.23. The molecule has 0 aromatic carbocycles. The van der Waals surface area contributed by atoms with Crippen LogP contribution >= 0.6 is 0 Å². The molecule has 2 heteroatoms. The highest BCUT2D eigenvalue weighted by molar-refractivity contribution is 5.02. The van der Waals surface area contributed by atoms with Crippen molar-refractivity contribution in [3.05, 3.63) is 12.2 Å². The number of likely N-dealkylation sites (tertiary alicyclic amines) is 1. The molecule has 0 bridgehead atoms. The van der Waals surface area contributed by atoms with Crippen LogP contribution in [0.3, 0.4) is 0 Å². The molecular formula is C7H12FN. The van der Waals surface area contributed by atoms with Crippen LogP contribution in [0.15, 0.2) is 12.2 Å². The van der Waals surface area contributed by atoms with Gasteiger partial charge in [0.2, 0.25) is 0 Å². The van der Waals surface area contributed by atoms with Crippen molar-refractivity contribution in [2.45, 2.75) is 12.6 Å².